The van der Waals surface area contributed by atoms with Crippen molar-refractivity contribution in [1.29, 1.82) is 0 Å². The lowest BCUT2D eigenvalue weighted by Gasteiger charge is -2.23. The second kappa shape index (κ2) is 10.4. The van der Waals surface area contributed by atoms with Gasteiger partial charge in [0.05, 0.1) is 42.1 Å². The number of halogens is 2. The van der Waals surface area contributed by atoms with E-state index in [0.717, 1.165) is 23.9 Å². The first kappa shape index (κ1) is 22.7. The van der Waals surface area contributed by atoms with Gasteiger partial charge in [0.1, 0.15) is 17.9 Å². The van der Waals surface area contributed by atoms with Crippen LogP contribution in [0.2, 0.25) is 10.0 Å². The third-order valence-corrected chi connectivity index (χ3v) is 6.16. The number of nitrogens with zero attached hydrogens (tertiary/aromatic N) is 2. The lowest BCUT2D eigenvalue weighted by atomic mass is 10.0. The number of hydrogen-bond donors (Lipinski definition) is 2. The Bertz CT molecular complexity index is 1090. The van der Waals surface area contributed by atoms with E-state index in [0.29, 0.717) is 51.4 Å². The van der Waals surface area contributed by atoms with E-state index in [4.69, 9.17) is 37.4 Å². The second-order valence-electron chi connectivity index (χ2n) is 7.62. The van der Waals surface area contributed by atoms with E-state index < -0.39 is 0 Å². The zero-order chi connectivity index (χ0) is 22.5. The Balaban J connectivity index is 1.57. The fraction of sp³-hybridized carbons (Fsp3) is 0.391. The first-order valence-electron chi connectivity index (χ1n) is 10.6. The van der Waals surface area contributed by atoms with Crippen LogP contribution in [-0.4, -0.2) is 43.4 Å². The summed E-state index contributed by atoms with van der Waals surface area (Å²) in [7, 11) is 3.17. The summed E-state index contributed by atoms with van der Waals surface area (Å²) in [5, 5.41) is 8.45. The molecule has 1 unspecified atom stereocenters. The third kappa shape index (κ3) is 5.11. The highest BCUT2D eigenvalue weighted by Crippen LogP contribution is 2.38. The minimum atomic E-state index is 0.433. The maximum Gasteiger partial charge on any atom is 0.163 e. The maximum atomic E-state index is 6.37. The quantitative estimate of drug-likeness (QED) is 0.437. The highest BCUT2D eigenvalue weighted by atomic mass is 35.5. The SMILES string of the molecule is COc1cc(Nc2ncnc3cc(OCCC4CCCCN4)c(OC)cc23)c(Cl)cc1Cl. The van der Waals surface area contributed by atoms with E-state index in [2.05, 4.69) is 20.6 Å². The van der Waals surface area contributed by atoms with E-state index in [1.165, 1.54) is 25.6 Å². The van der Waals surface area contributed by atoms with Crippen molar-refractivity contribution in [3.05, 3.63) is 40.6 Å². The molecule has 2 aromatic carbocycles. The first-order valence-corrected chi connectivity index (χ1v) is 11.3. The number of ether oxygens (including phenoxy) is 3. The fourth-order valence-electron chi connectivity index (χ4n) is 3.83. The number of piperidine rings is 1. The Kier molecular flexibility index (Phi) is 7.40. The van der Waals surface area contributed by atoms with Gasteiger partial charge in [-0.3, -0.25) is 0 Å². The summed E-state index contributed by atoms with van der Waals surface area (Å²) >= 11 is 12.5. The zero-order valence-electron chi connectivity index (χ0n) is 18.1. The van der Waals surface area contributed by atoms with Gasteiger partial charge >= 0.3 is 0 Å². The highest BCUT2D eigenvalue weighted by molar-refractivity contribution is 6.37. The van der Waals surface area contributed by atoms with Gasteiger partial charge in [0.2, 0.25) is 0 Å². The number of methoxy groups -OCH3 is 2. The van der Waals surface area contributed by atoms with Crippen LogP contribution in [0.15, 0.2) is 30.6 Å². The van der Waals surface area contributed by atoms with Crippen LogP contribution in [0.1, 0.15) is 25.7 Å². The maximum absolute atomic E-state index is 6.37. The van der Waals surface area contributed by atoms with E-state index in [-0.39, 0.29) is 0 Å². The average molecular weight is 477 g/mol. The smallest absolute Gasteiger partial charge is 0.163 e. The zero-order valence-corrected chi connectivity index (χ0v) is 19.6. The van der Waals surface area contributed by atoms with E-state index >= 15 is 0 Å². The number of aromatic nitrogens is 2. The van der Waals surface area contributed by atoms with Gasteiger partial charge in [-0.15, -0.1) is 0 Å². The molecule has 9 heteroatoms. The van der Waals surface area contributed by atoms with Gasteiger partial charge in [-0.05, 0) is 37.9 Å². The van der Waals surface area contributed by atoms with Gasteiger partial charge in [-0.25, -0.2) is 9.97 Å². The molecule has 2 N–H and O–H groups in total. The molecule has 0 aliphatic carbocycles. The number of fused-ring (bicyclic) bond motifs is 1. The molecular formula is C23H26Cl2N4O3. The van der Waals surface area contributed by atoms with Crippen LogP contribution in [0.25, 0.3) is 10.9 Å². The van der Waals surface area contributed by atoms with E-state index in [1.807, 2.05) is 12.1 Å². The largest absolute Gasteiger partial charge is 0.495 e. The lowest BCUT2D eigenvalue weighted by molar-refractivity contribution is 0.257. The molecular weight excluding hydrogens is 451 g/mol. The Morgan fingerprint density at radius 2 is 1.84 bits per heavy atom. The predicted molar refractivity (Wildman–Crippen MR) is 128 cm³/mol. The normalized spacial score (nSPS) is 16.1. The molecule has 1 aromatic heterocycles. The molecule has 1 aliphatic heterocycles. The standard InChI is InChI=1S/C23H26Cl2N4O3/c1-30-20-12-19(16(24)10-17(20)25)29-23-15-9-21(31-2)22(11-18(15)27-13-28-23)32-8-6-14-5-3-4-7-26-14/h9-14,26H,3-8H2,1-2H3,(H,27,28,29). The van der Waals surface area contributed by atoms with Gasteiger partial charge < -0.3 is 24.8 Å². The summed E-state index contributed by atoms with van der Waals surface area (Å²) in [4.78, 5) is 8.80. The second-order valence-corrected chi connectivity index (χ2v) is 8.43. The van der Waals surface area contributed by atoms with Crippen LogP contribution in [-0.2, 0) is 0 Å². The van der Waals surface area contributed by atoms with E-state index in [1.54, 1.807) is 26.4 Å². The van der Waals surface area contributed by atoms with Crippen LogP contribution in [0.5, 0.6) is 17.2 Å². The topological polar surface area (TPSA) is 77.5 Å². The van der Waals surface area contributed by atoms with Crippen molar-refractivity contribution < 1.29 is 14.2 Å². The van der Waals surface area contributed by atoms with Gasteiger partial charge in [-0.1, -0.05) is 29.6 Å². The predicted octanol–water partition coefficient (Wildman–Crippen LogP) is 5.61. The van der Waals surface area contributed by atoms with Crippen LogP contribution < -0.4 is 24.8 Å². The van der Waals surface area contributed by atoms with Gasteiger partial charge in [0.25, 0.3) is 0 Å². The van der Waals surface area contributed by atoms with Crippen molar-refractivity contribution in [1.82, 2.24) is 15.3 Å². The van der Waals surface area contributed by atoms with Crippen LogP contribution >= 0.6 is 23.2 Å². The summed E-state index contributed by atoms with van der Waals surface area (Å²) in [5.74, 6) is 2.37. The molecule has 4 rings (SSSR count). The van der Waals surface area contributed by atoms with E-state index in [9.17, 15) is 0 Å². The Morgan fingerprint density at radius 3 is 2.59 bits per heavy atom. The van der Waals surface area contributed by atoms with Crippen molar-refractivity contribution in [2.45, 2.75) is 31.7 Å². The minimum Gasteiger partial charge on any atom is -0.495 e. The number of rotatable bonds is 8. The Labute approximate surface area is 197 Å². The summed E-state index contributed by atoms with van der Waals surface area (Å²) in [5.41, 5.74) is 1.35. The lowest BCUT2D eigenvalue weighted by Crippen LogP contribution is -2.35. The fourth-order valence-corrected chi connectivity index (χ4v) is 4.33. The molecule has 1 saturated heterocycles. The molecule has 1 aliphatic rings. The summed E-state index contributed by atoms with van der Waals surface area (Å²) in [6.07, 6.45) is 6.16. The molecule has 170 valence electrons. The number of nitrogens with one attached hydrogen (secondary N) is 2. The van der Waals surface area contributed by atoms with Crippen molar-refractivity contribution in [2.24, 2.45) is 0 Å². The molecule has 0 amide bonds. The molecule has 3 aromatic rings. The van der Waals surface area contributed by atoms with Gasteiger partial charge in [0.15, 0.2) is 11.5 Å². The summed E-state index contributed by atoms with van der Waals surface area (Å²) in [6, 6.07) is 7.61. The van der Waals surface area contributed by atoms with Crippen molar-refractivity contribution in [3.63, 3.8) is 0 Å². The van der Waals surface area contributed by atoms with Crippen LogP contribution in [0.3, 0.4) is 0 Å². The van der Waals surface area contributed by atoms with Crippen LogP contribution in [0, 0.1) is 0 Å². The monoisotopic (exact) mass is 476 g/mol. The van der Waals surface area contributed by atoms with Crippen molar-refractivity contribution in [2.75, 3.05) is 32.7 Å². The summed E-state index contributed by atoms with van der Waals surface area (Å²) < 4.78 is 16.9. The first-order chi connectivity index (χ1) is 15.6. The number of benzene rings is 2. The minimum absolute atomic E-state index is 0.433. The van der Waals surface area contributed by atoms with Crippen molar-refractivity contribution >= 4 is 45.6 Å². The van der Waals surface area contributed by atoms with Gasteiger partial charge in [-0.2, -0.15) is 0 Å². The third-order valence-electron chi connectivity index (χ3n) is 5.55. The molecule has 1 atom stereocenters. The molecule has 1 fully saturated rings. The molecule has 0 bridgehead atoms. The van der Waals surface area contributed by atoms with Crippen LogP contribution in [0.4, 0.5) is 11.5 Å². The Hall–Kier alpha value is -2.48. The number of anilines is 2. The molecule has 0 radical (unpaired) electrons. The molecule has 7 nitrogen and oxygen atoms in total. The molecule has 0 saturated carbocycles. The Morgan fingerprint density at radius 1 is 1.00 bits per heavy atom. The average Bonchev–Trinajstić information content (AvgIpc) is 2.81. The van der Waals surface area contributed by atoms with Gasteiger partial charge in [0, 0.05) is 23.6 Å². The highest BCUT2D eigenvalue weighted by Gasteiger charge is 2.16. The summed E-state index contributed by atoms with van der Waals surface area (Å²) in [6.45, 7) is 1.69. The number of hydrogen-bond acceptors (Lipinski definition) is 7. The molecule has 2 heterocycles. The molecule has 0 spiro atoms. The molecule has 32 heavy (non-hydrogen) atoms. The van der Waals surface area contributed by atoms with Crippen molar-refractivity contribution in [3.8, 4) is 17.2 Å².